The third-order valence-electron chi connectivity index (χ3n) is 4.33. The Morgan fingerprint density at radius 1 is 1.40 bits per heavy atom. The molecule has 1 fully saturated rings. The standard InChI is InChI=1S/C16H30N2OS/c1-12(2)11-18(10-8-14(17)20)15(19)13-7-5-6-9-16(13,3)4/h12-13H,5-11H2,1-4H3,(H2,17,20). The fraction of sp³-hybridized carbons (Fsp3) is 0.875. The van der Waals surface area contributed by atoms with Gasteiger partial charge in [-0.15, -0.1) is 0 Å². The Bertz CT molecular complexity index is 352. The van der Waals surface area contributed by atoms with Gasteiger partial charge in [0.25, 0.3) is 0 Å². The molecule has 1 aliphatic rings. The summed E-state index contributed by atoms with van der Waals surface area (Å²) in [6, 6.07) is 0. The van der Waals surface area contributed by atoms with E-state index in [0.29, 0.717) is 29.8 Å². The Kier molecular flexibility index (Phi) is 6.44. The Morgan fingerprint density at radius 3 is 2.55 bits per heavy atom. The molecule has 1 rings (SSSR count). The van der Waals surface area contributed by atoms with Crippen molar-refractivity contribution in [2.75, 3.05) is 13.1 Å². The van der Waals surface area contributed by atoms with Crippen molar-refractivity contribution < 1.29 is 4.79 Å². The Labute approximate surface area is 129 Å². The minimum Gasteiger partial charge on any atom is -0.393 e. The largest absolute Gasteiger partial charge is 0.393 e. The van der Waals surface area contributed by atoms with Gasteiger partial charge >= 0.3 is 0 Å². The van der Waals surface area contributed by atoms with Gasteiger partial charge < -0.3 is 10.6 Å². The van der Waals surface area contributed by atoms with Gasteiger partial charge in [0.2, 0.25) is 5.91 Å². The second-order valence-corrected chi connectivity index (χ2v) is 7.71. The molecule has 0 radical (unpaired) electrons. The molecule has 0 heterocycles. The maximum absolute atomic E-state index is 12.9. The van der Waals surface area contributed by atoms with E-state index >= 15 is 0 Å². The maximum Gasteiger partial charge on any atom is 0.226 e. The van der Waals surface area contributed by atoms with Crippen molar-refractivity contribution in [2.24, 2.45) is 23.0 Å². The van der Waals surface area contributed by atoms with Crippen LogP contribution < -0.4 is 5.73 Å². The third-order valence-corrected chi connectivity index (χ3v) is 4.53. The average molecular weight is 298 g/mol. The van der Waals surface area contributed by atoms with Gasteiger partial charge in [0.1, 0.15) is 0 Å². The lowest BCUT2D eigenvalue weighted by Crippen LogP contribution is -2.45. The number of nitrogens with zero attached hydrogens (tertiary/aromatic N) is 1. The molecule has 1 saturated carbocycles. The molecule has 0 spiro atoms. The summed E-state index contributed by atoms with van der Waals surface area (Å²) in [5, 5.41) is 0. The Morgan fingerprint density at radius 2 is 2.05 bits per heavy atom. The van der Waals surface area contributed by atoms with Crippen molar-refractivity contribution in [3.63, 3.8) is 0 Å². The number of hydrogen-bond acceptors (Lipinski definition) is 2. The van der Waals surface area contributed by atoms with Gasteiger partial charge in [0.15, 0.2) is 0 Å². The van der Waals surface area contributed by atoms with Crippen molar-refractivity contribution in [3.8, 4) is 0 Å². The summed E-state index contributed by atoms with van der Waals surface area (Å²) in [5.41, 5.74) is 5.72. The summed E-state index contributed by atoms with van der Waals surface area (Å²) in [5.74, 6) is 0.929. The Hall–Kier alpha value is -0.640. The zero-order valence-electron chi connectivity index (χ0n) is 13.4. The van der Waals surface area contributed by atoms with E-state index < -0.39 is 0 Å². The molecule has 0 aromatic heterocycles. The van der Waals surface area contributed by atoms with Crippen molar-refractivity contribution >= 4 is 23.1 Å². The van der Waals surface area contributed by atoms with Crippen LogP contribution in [0.25, 0.3) is 0 Å². The van der Waals surface area contributed by atoms with Crippen LogP contribution in [-0.4, -0.2) is 28.9 Å². The molecule has 1 unspecified atom stereocenters. The van der Waals surface area contributed by atoms with E-state index in [4.69, 9.17) is 18.0 Å². The lowest BCUT2D eigenvalue weighted by atomic mass is 9.68. The summed E-state index contributed by atoms with van der Waals surface area (Å²) in [7, 11) is 0. The smallest absolute Gasteiger partial charge is 0.226 e. The minimum atomic E-state index is 0.119. The third kappa shape index (κ3) is 5.04. The predicted octanol–water partition coefficient (Wildman–Crippen LogP) is 3.36. The zero-order chi connectivity index (χ0) is 15.3. The lowest BCUT2D eigenvalue weighted by molar-refractivity contribution is -0.141. The number of carbonyl (C=O) groups is 1. The van der Waals surface area contributed by atoms with Crippen LogP contribution in [0.5, 0.6) is 0 Å². The molecular weight excluding hydrogens is 268 g/mol. The number of hydrogen-bond donors (Lipinski definition) is 1. The number of amides is 1. The predicted molar refractivity (Wildman–Crippen MR) is 88.6 cm³/mol. The first kappa shape index (κ1) is 17.4. The minimum absolute atomic E-state index is 0.119. The van der Waals surface area contributed by atoms with Gasteiger partial charge in [-0.05, 0) is 24.2 Å². The van der Waals surface area contributed by atoms with Crippen LogP contribution in [0.1, 0.15) is 59.8 Å². The first-order chi connectivity index (χ1) is 9.24. The molecule has 0 saturated heterocycles. The SMILES string of the molecule is CC(C)CN(CCC(N)=S)C(=O)C1CCCCC1(C)C. The number of rotatable bonds is 6. The van der Waals surface area contributed by atoms with Crippen LogP contribution in [0.2, 0.25) is 0 Å². The molecule has 1 aliphatic carbocycles. The van der Waals surface area contributed by atoms with Gasteiger partial charge in [-0.1, -0.05) is 52.8 Å². The average Bonchev–Trinajstić information content (AvgIpc) is 2.32. The molecule has 0 bridgehead atoms. The second-order valence-electron chi connectivity index (χ2n) is 7.18. The topological polar surface area (TPSA) is 46.3 Å². The summed E-state index contributed by atoms with van der Waals surface area (Å²) in [6.07, 6.45) is 5.21. The molecular formula is C16H30N2OS. The molecule has 1 amide bonds. The highest BCUT2D eigenvalue weighted by molar-refractivity contribution is 7.80. The molecule has 4 heteroatoms. The van der Waals surface area contributed by atoms with Gasteiger partial charge in [0.05, 0.1) is 4.99 Å². The van der Waals surface area contributed by atoms with Crippen molar-refractivity contribution in [1.82, 2.24) is 4.90 Å². The monoisotopic (exact) mass is 298 g/mol. The van der Waals surface area contributed by atoms with Gasteiger partial charge in [-0.3, -0.25) is 4.79 Å². The number of thiocarbonyl (C=S) groups is 1. The molecule has 3 nitrogen and oxygen atoms in total. The van der Waals surface area contributed by atoms with E-state index in [2.05, 4.69) is 27.7 Å². The van der Waals surface area contributed by atoms with Gasteiger partial charge in [-0.2, -0.15) is 0 Å². The first-order valence-corrected chi connectivity index (χ1v) is 8.22. The van der Waals surface area contributed by atoms with Crippen molar-refractivity contribution in [3.05, 3.63) is 0 Å². The van der Waals surface area contributed by atoms with Crippen LogP contribution in [0.4, 0.5) is 0 Å². The molecule has 0 aromatic carbocycles. The van der Waals surface area contributed by atoms with E-state index in [-0.39, 0.29) is 11.3 Å². The number of carbonyl (C=O) groups excluding carboxylic acids is 1. The molecule has 116 valence electrons. The highest BCUT2D eigenvalue weighted by atomic mass is 32.1. The Balaban J connectivity index is 2.77. The molecule has 0 aromatic rings. The normalized spacial score (nSPS) is 21.8. The van der Waals surface area contributed by atoms with Gasteiger partial charge in [0, 0.05) is 25.4 Å². The fourth-order valence-corrected chi connectivity index (χ4v) is 3.24. The first-order valence-electron chi connectivity index (χ1n) is 7.81. The van der Waals surface area contributed by atoms with E-state index in [0.717, 1.165) is 19.4 Å². The summed E-state index contributed by atoms with van der Waals surface area (Å²) in [6.45, 7) is 10.2. The van der Waals surface area contributed by atoms with E-state index in [1.807, 2.05) is 4.90 Å². The van der Waals surface area contributed by atoms with Crippen LogP contribution in [-0.2, 0) is 4.79 Å². The molecule has 2 N–H and O–H groups in total. The van der Waals surface area contributed by atoms with Crippen LogP contribution in [0, 0.1) is 17.3 Å². The quantitative estimate of drug-likeness (QED) is 0.765. The molecule has 1 atom stereocenters. The highest BCUT2D eigenvalue weighted by Gasteiger charge is 2.39. The highest BCUT2D eigenvalue weighted by Crippen LogP contribution is 2.41. The van der Waals surface area contributed by atoms with E-state index in [1.165, 1.54) is 12.8 Å². The van der Waals surface area contributed by atoms with Crippen LogP contribution >= 0.6 is 12.2 Å². The van der Waals surface area contributed by atoms with Crippen molar-refractivity contribution in [2.45, 2.75) is 59.8 Å². The van der Waals surface area contributed by atoms with E-state index in [9.17, 15) is 4.79 Å². The molecule has 20 heavy (non-hydrogen) atoms. The maximum atomic E-state index is 12.9. The zero-order valence-corrected chi connectivity index (χ0v) is 14.3. The number of nitrogens with two attached hydrogens (primary N) is 1. The van der Waals surface area contributed by atoms with Crippen LogP contribution in [0.3, 0.4) is 0 Å². The summed E-state index contributed by atoms with van der Waals surface area (Å²) in [4.78, 5) is 15.4. The van der Waals surface area contributed by atoms with Crippen molar-refractivity contribution in [1.29, 1.82) is 0 Å². The summed E-state index contributed by atoms with van der Waals surface area (Å²) >= 11 is 4.96. The summed E-state index contributed by atoms with van der Waals surface area (Å²) < 4.78 is 0. The molecule has 0 aliphatic heterocycles. The van der Waals surface area contributed by atoms with Crippen LogP contribution in [0.15, 0.2) is 0 Å². The lowest BCUT2D eigenvalue weighted by Gasteiger charge is -2.40. The van der Waals surface area contributed by atoms with Gasteiger partial charge in [-0.25, -0.2) is 0 Å². The van der Waals surface area contributed by atoms with E-state index in [1.54, 1.807) is 0 Å². The second kappa shape index (κ2) is 7.39. The fourth-order valence-electron chi connectivity index (χ4n) is 3.15.